The number of aromatic nitrogens is 4. The number of benzene rings is 2. The van der Waals surface area contributed by atoms with E-state index in [-0.39, 0.29) is 11.2 Å². The zero-order valence-corrected chi connectivity index (χ0v) is 15.6. The fourth-order valence-electron chi connectivity index (χ4n) is 2.88. The number of hydrogen-bond donors (Lipinski definition) is 0. The van der Waals surface area contributed by atoms with Gasteiger partial charge in [-0.1, -0.05) is 30.0 Å². The first kappa shape index (κ1) is 18.0. The van der Waals surface area contributed by atoms with E-state index >= 15 is 0 Å². The first-order valence-electron chi connectivity index (χ1n) is 8.39. The minimum atomic E-state index is -0.459. The second-order valence-electron chi connectivity index (χ2n) is 5.95. The SMILES string of the molecule is Cn1c(=O)c2ccccc2n2c(SCCOc3cccc([N+](=O)[O-])c3)nnc12. The van der Waals surface area contributed by atoms with Crippen molar-refractivity contribution in [2.24, 2.45) is 7.05 Å². The molecule has 0 aliphatic carbocycles. The van der Waals surface area contributed by atoms with Crippen molar-refractivity contribution in [2.45, 2.75) is 5.16 Å². The molecule has 4 aromatic rings. The van der Waals surface area contributed by atoms with Crippen LogP contribution in [0.4, 0.5) is 5.69 Å². The Hall–Kier alpha value is -3.40. The Kier molecular flexibility index (Phi) is 4.70. The minimum absolute atomic E-state index is 0.0130. The maximum Gasteiger partial charge on any atom is 0.273 e. The highest BCUT2D eigenvalue weighted by Crippen LogP contribution is 2.22. The van der Waals surface area contributed by atoms with Crippen LogP contribution >= 0.6 is 11.8 Å². The van der Waals surface area contributed by atoms with Crippen LogP contribution in [0.3, 0.4) is 0 Å². The van der Waals surface area contributed by atoms with Crippen molar-refractivity contribution >= 4 is 34.1 Å². The molecule has 0 saturated heterocycles. The highest BCUT2D eigenvalue weighted by molar-refractivity contribution is 7.99. The third-order valence-electron chi connectivity index (χ3n) is 4.21. The fourth-order valence-corrected chi connectivity index (χ4v) is 3.64. The van der Waals surface area contributed by atoms with Crippen LogP contribution in [-0.4, -0.2) is 36.4 Å². The lowest BCUT2D eigenvalue weighted by molar-refractivity contribution is -0.384. The van der Waals surface area contributed by atoms with Crippen molar-refractivity contribution in [3.63, 3.8) is 0 Å². The van der Waals surface area contributed by atoms with Crippen LogP contribution in [0.5, 0.6) is 5.75 Å². The van der Waals surface area contributed by atoms with Crippen LogP contribution in [0, 0.1) is 10.1 Å². The average molecular weight is 397 g/mol. The lowest BCUT2D eigenvalue weighted by atomic mass is 10.2. The Bertz CT molecular complexity index is 1250. The lowest BCUT2D eigenvalue weighted by Crippen LogP contribution is -2.20. The van der Waals surface area contributed by atoms with Crippen molar-refractivity contribution in [1.82, 2.24) is 19.2 Å². The van der Waals surface area contributed by atoms with Gasteiger partial charge in [0.2, 0.25) is 5.78 Å². The molecule has 10 heteroatoms. The smallest absolute Gasteiger partial charge is 0.273 e. The molecule has 142 valence electrons. The fraction of sp³-hybridized carbons (Fsp3) is 0.167. The van der Waals surface area contributed by atoms with Gasteiger partial charge in [-0.05, 0) is 18.2 Å². The number of nitro groups is 1. The van der Waals surface area contributed by atoms with Gasteiger partial charge < -0.3 is 4.74 Å². The van der Waals surface area contributed by atoms with Gasteiger partial charge in [0.05, 0.1) is 28.5 Å². The summed E-state index contributed by atoms with van der Waals surface area (Å²) < 4.78 is 8.91. The third-order valence-corrected chi connectivity index (χ3v) is 5.10. The van der Waals surface area contributed by atoms with Crippen LogP contribution < -0.4 is 10.3 Å². The number of aryl methyl sites for hydroxylation is 1. The van der Waals surface area contributed by atoms with E-state index in [2.05, 4.69) is 10.2 Å². The predicted octanol–water partition coefficient (Wildman–Crippen LogP) is 2.66. The van der Waals surface area contributed by atoms with E-state index in [1.807, 2.05) is 22.6 Å². The topological polar surface area (TPSA) is 105 Å². The molecular weight excluding hydrogens is 382 g/mol. The number of thioether (sulfide) groups is 1. The van der Waals surface area contributed by atoms with Crippen LogP contribution in [0.2, 0.25) is 0 Å². The van der Waals surface area contributed by atoms with Crippen LogP contribution in [-0.2, 0) is 7.05 Å². The Labute approximate surface area is 162 Å². The molecule has 0 amide bonds. The molecule has 0 aliphatic rings. The van der Waals surface area contributed by atoms with Crippen molar-refractivity contribution in [3.8, 4) is 5.75 Å². The maximum absolute atomic E-state index is 12.5. The molecule has 0 saturated carbocycles. The summed E-state index contributed by atoms with van der Waals surface area (Å²) in [5, 5.41) is 20.4. The number of fused-ring (bicyclic) bond motifs is 3. The molecule has 9 nitrogen and oxygen atoms in total. The quantitative estimate of drug-likeness (QED) is 0.213. The Balaban J connectivity index is 1.54. The van der Waals surface area contributed by atoms with Crippen LogP contribution in [0.1, 0.15) is 0 Å². The summed E-state index contributed by atoms with van der Waals surface area (Å²) in [6.45, 7) is 0.338. The van der Waals surface area contributed by atoms with Gasteiger partial charge in [-0.3, -0.25) is 23.9 Å². The maximum atomic E-state index is 12.5. The molecule has 0 aliphatic heterocycles. The van der Waals surface area contributed by atoms with Crippen molar-refractivity contribution < 1.29 is 9.66 Å². The highest BCUT2D eigenvalue weighted by atomic mass is 32.2. The summed E-state index contributed by atoms with van der Waals surface area (Å²) in [6, 6.07) is 13.4. The number of hydrogen-bond acceptors (Lipinski definition) is 7. The second-order valence-corrected chi connectivity index (χ2v) is 7.01. The number of nitro benzene ring substituents is 1. The average Bonchev–Trinajstić information content (AvgIpc) is 3.14. The van der Waals surface area contributed by atoms with Crippen LogP contribution in [0.15, 0.2) is 58.5 Å². The number of non-ortho nitro benzene ring substituents is 1. The van der Waals surface area contributed by atoms with Gasteiger partial charge >= 0.3 is 0 Å². The molecule has 0 fully saturated rings. The zero-order chi connectivity index (χ0) is 19.7. The molecule has 0 atom stereocenters. The summed E-state index contributed by atoms with van der Waals surface area (Å²) in [5.74, 6) is 1.46. The highest BCUT2D eigenvalue weighted by Gasteiger charge is 2.14. The second kappa shape index (κ2) is 7.31. The van der Waals surface area contributed by atoms with E-state index in [4.69, 9.17) is 4.74 Å². The summed E-state index contributed by atoms with van der Waals surface area (Å²) in [4.78, 5) is 22.8. The molecule has 0 bridgehead atoms. The predicted molar refractivity (Wildman–Crippen MR) is 105 cm³/mol. The zero-order valence-electron chi connectivity index (χ0n) is 14.8. The lowest BCUT2D eigenvalue weighted by Gasteiger charge is -2.08. The first-order valence-corrected chi connectivity index (χ1v) is 9.38. The number of rotatable bonds is 6. The van der Waals surface area contributed by atoms with E-state index in [0.717, 1.165) is 5.52 Å². The van der Waals surface area contributed by atoms with Gasteiger partial charge in [-0.25, -0.2) is 0 Å². The third kappa shape index (κ3) is 3.18. The molecule has 4 rings (SSSR count). The van der Waals surface area contributed by atoms with Gasteiger partial charge in [0.25, 0.3) is 11.2 Å². The molecule has 2 aromatic heterocycles. The summed E-state index contributed by atoms with van der Waals surface area (Å²) in [6.07, 6.45) is 0. The number of nitrogens with zero attached hydrogens (tertiary/aromatic N) is 5. The molecule has 0 N–H and O–H groups in total. The van der Waals surface area contributed by atoms with Crippen LogP contribution in [0.25, 0.3) is 16.7 Å². The van der Waals surface area contributed by atoms with Gasteiger partial charge in [0.15, 0.2) is 5.16 Å². The van der Waals surface area contributed by atoms with Gasteiger partial charge in [0.1, 0.15) is 5.75 Å². The number of para-hydroxylation sites is 1. The van der Waals surface area contributed by atoms with Crippen molar-refractivity contribution in [2.75, 3.05) is 12.4 Å². The molecule has 2 heterocycles. The Morgan fingerprint density at radius 2 is 2.00 bits per heavy atom. The van der Waals surface area contributed by atoms with E-state index in [1.165, 1.54) is 28.5 Å². The standard InChI is InChI=1S/C18H15N5O4S/c1-21-16(24)14-7-2-3-8-15(14)22-17(21)19-20-18(22)28-10-9-27-13-6-4-5-12(11-13)23(25)26/h2-8,11H,9-10H2,1H3. The molecule has 28 heavy (non-hydrogen) atoms. The Morgan fingerprint density at radius 3 is 2.82 bits per heavy atom. The monoisotopic (exact) mass is 397 g/mol. The van der Waals surface area contributed by atoms with Gasteiger partial charge in [-0.15, -0.1) is 10.2 Å². The molecule has 2 aromatic carbocycles. The van der Waals surface area contributed by atoms with Gasteiger partial charge in [0, 0.05) is 18.9 Å². The first-order chi connectivity index (χ1) is 13.6. The van der Waals surface area contributed by atoms with Crippen molar-refractivity contribution in [3.05, 3.63) is 69.0 Å². The molecule has 0 unspecified atom stereocenters. The molecule has 0 radical (unpaired) electrons. The number of ether oxygens (including phenoxy) is 1. The van der Waals surface area contributed by atoms with E-state index < -0.39 is 4.92 Å². The summed E-state index contributed by atoms with van der Waals surface area (Å²) >= 11 is 1.43. The van der Waals surface area contributed by atoms with E-state index in [1.54, 1.807) is 25.2 Å². The summed E-state index contributed by atoms with van der Waals surface area (Å²) in [5.41, 5.74) is 0.606. The van der Waals surface area contributed by atoms with E-state index in [9.17, 15) is 14.9 Å². The summed E-state index contributed by atoms with van der Waals surface area (Å²) in [7, 11) is 1.67. The molecular formula is C18H15N5O4S. The normalized spacial score (nSPS) is 11.2. The molecule has 0 spiro atoms. The Morgan fingerprint density at radius 1 is 1.18 bits per heavy atom. The van der Waals surface area contributed by atoms with E-state index in [0.29, 0.717) is 34.4 Å². The minimum Gasteiger partial charge on any atom is -0.492 e. The largest absolute Gasteiger partial charge is 0.492 e. The van der Waals surface area contributed by atoms with Gasteiger partial charge in [-0.2, -0.15) is 0 Å². The van der Waals surface area contributed by atoms with Crippen molar-refractivity contribution in [1.29, 1.82) is 0 Å².